The minimum atomic E-state index is -2.90. The number of rotatable bonds is 4. The largest absolute Gasteiger partial charge is 0.330 e. The highest BCUT2D eigenvalue weighted by Gasteiger charge is 2.30. The van der Waals surface area contributed by atoms with Crippen molar-refractivity contribution in [2.24, 2.45) is 17.6 Å². The van der Waals surface area contributed by atoms with E-state index < -0.39 is 9.84 Å². The monoisotopic (exact) mass is 233 g/mol. The third-order valence-corrected chi connectivity index (χ3v) is 5.91. The zero-order valence-electron chi connectivity index (χ0n) is 9.78. The maximum atomic E-state index is 12.0. The van der Waals surface area contributed by atoms with Crippen LogP contribution in [0.5, 0.6) is 0 Å². The van der Waals surface area contributed by atoms with Crippen LogP contribution in [0.15, 0.2) is 0 Å². The van der Waals surface area contributed by atoms with Gasteiger partial charge in [-0.1, -0.05) is 13.8 Å². The molecule has 0 saturated heterocycles. The molecule has 0 amide bonds. The normalized spacial score (nSPS) is 30.1. The van der Waals surface area contributed by atoms with E-state index in [0.29, 0.717) is 12.5 Å². The van der Waals surface area contributed by atoms with Gasteiger partial charge in [-0.3, -0.25) is 0 Å². The molecule has 1 atom stereocenters. The lowest BCUT2D eigenvalue weighted by Gasteiger charge is -2.26. The van der Waals surface area contributed by atoms with Gasteiger partial charge in [0.15, 0.2) is 9.84 Å². The Labute approximate surface area is 93.3 Å². The summed E-state index contributed by atoms with van der Waals surface area (Å²) >= 11 is 0. The Morgan fingerprint density at radius 3 is 2.27 bits per heavy atom. The van der Waals surface area contributed by atoms with Crippen molar-refractivity contribution >= 4 is 9.84 Å². The summed E-state index contributed by atoms with van der Waals surface area (Å²) in [4.78, 5) is 0. The van der Waals surface area contributed by atoms with Crippen molar-refractivity contribution in [2.45, 2.75) is 44.8 Å². The summed E-state index contributed by atoms with van der Waals surface area (Å²) in [6, 6.07) is 0. The molecule has 1 unspecified atom stereocenters. The fourth-order valence-corrected chi connectivity index (χ4v) is 4.38. The molecule has 1 rings (SSSR count). The molecule has 15 heavy (non-hydrogen) atoms. The molecule has 0 spiro atoms. The Morgan fingerprint density at radius 1 is 1.27 bits per heavy atom. The highest BCUT2D eigenvalue weighted by molar-refractivity contribution is 7.92. The van der Waals surface area contributed by atoms with Gasteiger partial charge in [0.1, 0.15) is 0 Å². The Hall–Kier alpha value is -0.0900. The van der Waals surface area contributed by atoms with Crippen LogP contribution in [0.3, 0.4) is 0 Å². The van der Waals surface area contributed by atoms with Gasteiger partial charge in [0.05, 0.1) is 11.0 Å². The smallest absolute Gasteiger partial charge is 0.153 e. The first kappa shape index (κ1) is 13.0. The van der Waals surface area contributed by atoms with Crippen molar-refractivity contribution in [1.29, 1.82) is 0 Å². The van der Waals surface area contributed by atoms with Gasteiger partial charge >= 0.3 is 0 Å². The van der Waals surface area contributed by atoms with E-state index in [1.165, 1.54) is 0 Å². The average molecular weight is 233 g/mol. The van der Waals surface area contributed by atoms with E-state index in [2.05, 4.69) is 6.92 Å². The van der Waals surface area contributed by atoms with Crippen molar-refractivity contribution in [3.63, 3.8) is 0 Å². The van der Waals surface area contributed by atoms with Crippen LogP contribution >= 0.6 is 0 Å². The van der Waals surface area contributed by atoms with E-state index in [1.807, 2.05) is 6.92 Å². The van der Waals surface area contributed by atoms with E-state index >= 15 is 0 Å². The maximum Gasteiger partial charge on any atom is 0.153 e. The molecule has 90 valence electrons. The lowest BCUT2D eigenvalue weighted by atomic mass is 9.91. The van der Waals surface area contributed by atoms with Gasteiger partial charge in [0, 0.05) is 0 Å². The Morgan fingerprint density at radius 2 is 1.80 bits per heavy atom. The zero-order valence-corrected chi connectivity index (χ0v) is 10.6. The van der Waals surface area contributed by atoms with Gasteiger partial charge in [-0.2, -0.15) is 0 Å². The molecule has 0 aliphatic heterocycles. The minimum Gasteiger partial charge on any atom is -0.330 e. The molecule has 0 aromatic heterocycles. The average Bonchev–Trinajstić information content (AvgIpc) is 2.17. The van der Waals surface area contributed by atoms with Crippen molar-refractivity contribution in [2.75, 3.05) is 12.3 Å². The number of hydrogen-bond donors (Lipinski definition) is 1. The quantitative estimate of drug-likeness (QED) is 0.802. The highest BCUT2D eigenvalue weighted by Crippen LogP contribution is 2.28. The van der Waals surface area contributed by atoms with Crippen molar-refractivity contribution in [3.8, 4) is 0 Å². The molecule has 3 nitrogen and oxygen atoms in total. The molecule has 0 bridgehead atoms. The predicted molar refractivity (Wildman–Crippen MR) is 63.4 cm³/mol. The third kappa shape index (κ3) is 3.76. The highest BCUT2D eigenvalue weighted by atomic mass is 32.2. The zero-order chi connectivity index (χ0) is 11.5. The van der Waals surface area contributed by atoms with Crippen LogP contribution in [0.2, 0.25) is 0 Å². The summed E-state index contributed by atoms with van der Waals surface area (Å²) in [5, 5.41) is -0.0947. The van der Waals surface area contributed by atoms with E-state index in [-0.39, 0.29) is 16.9 Å². The molecule has 1 fully saturated rings. The van der Waals surface area contributed by atoms with Crippen LogP contribution in [0.4, 0.5) is 0 Å². The van der Waals surface area contributed by atoms with Crippen molar-refractivity contribution in [3.05, 3.63) is 0 Å². The predicted octanol–water partition coefficient (Wildman–Crippen LogP) is 1.57. The first-order valence-electron chi connectivity index (χ1n) is 5.87. The summed E-state index contributed by atoms with van der Waals surface area (Å²) in [5.41, 5.74) is 5.47. The summed E-state index contributed by atoms with van der Waals surface area (Å²) in [6.07, 6.45) is 3.81. The van der Waals surface area contributed by atoms with Gasteiger partial charge in [-0.05, 0) is 44.1 Å². The van der Waals surface area contributed by atoms with E-state index in [4.69, 9.17) is 5.73 Å². The number of nitrogens with two attached hydrogens (primary N) is 1. The van der Waals surface area contributed by atoms with Crippen LogP contribution in [-0.2, 0) is 9.84 Å². The molecular formula is C11H23NO2S. The van der Waals surface area contributed by atoms with Gasteiger partial charge in [0.2, 0.25) is 0 Å². The molecule has 0 heterocycles. The van der Waals surface area contributed by atoms with Crippen LogP contribution < -0.4 is 5.73 Å². The van der Waals surface area contributed by atoms with Crippen LogP contribution in [0.1, 0.15) is 39.5 Å². The maximum absolute atomic E-state index is 12.0. The fourth-order valence-electron chi connectivity index (χ4n) is 2.19. The van der Waals surface area contributed by atoms with Crippen LogP contribution in [0.25, 0.3) is 0 Å². The van der Waals surface area contributed by atoms with E-state index in [9.17, 15) is 8.42 Å². The standard InChI is InChI=1S/C11H23NO2S/c1-9-3-5-11(6-4-9)15(13,14)8-10(2)7-12/h9-11H,3-8,12H2,1-2H3. The molecule has 0 aromatic rings. The van der Waals surface area contributed by atoms with Crippen molar-refractivity contribution in [1.82, 2.24) is 0 Å². The van der Waals surface area contributed by atoms with E-state index in [1.54, 1.807) is 0 Å². The number of hydrogen-bond acceptors (Lipinski definition) is 3. The SMILES string of the molecule is CC1CCC(S(=O)(=O)CC(C)CN)CC1. The van der Waals surface area contributed by atoms with Gasteiger partial charge in [0.25, 0.3) is 0 Å². The van der Waals surface area contributed by atoms with Crippen LogP contribution in [-0.4, -0.2) is 26.0 Å². The van der Waals surface area contributed by atoms with Gasteiger partial charge < -0.3 is 5.73 Å². The summed E-state index contributed by atoms with van der Waals surface area (Å²) < 4.78 is 24.0. The minimum absolute atomic E-state index is 0.0920. The first-order chi connectivity index (χ1) is 6.95. The second-order valence-electron chi connectivity index (χ2n) is 5.05. The lowest BCUT2D eigenvalue weighted by Crippen LogP contribution is -2.32. The Bertz CT molecular complexity index is 279. The molecule has 1 saturated carbocycles. The molecule has 4 heteroatoms. The summed E-state index contributed by atoms with van der Waals surface area (Å²) in [5.74, 6) is 1.06. The lowest BCUT2D eigenvalue weighted by molar-refractivity contribution is 0.381. The molecule has 2 N–H and O–H groups in total. The summed E-state index contributed by atoms with van der Waals surface area (Å²) in [6.45, 7) is 4.57. The number of sulfone groups is 1. The second kappa shape index (κ2) is 5.30. The first-order valence-corrected chi connectivity index (χ1v) is 7.59. The van der Waals surface area contributed by atoms with Gasteiger partial charge in [-0.25, -0.2) is 8.42 Å². The van der Waals surface area contributed by atoms with Gasteiger partial charge in [-0.15, -0.1) is 0 Å². The molecule has 1 aliphatic carbocycles. The van der Waals surface area contributed by atoms with E-state index in [0.717, 1.165) is 25.7 Å². The van der Waals surface area contributed by atoms with Crippen LogP contribution in [0, 0.1) is 11.8 Å². The summed E-state index contributed by atoms with van der Waals surface area (Å²) in [7, 11) is -2.90. The molecule has 0 radical (unpaired) electrons. The third-order valence-electron chi connectivity index (χ3n) is 3.39. The fraction of sp³-hybridized carbons (Fsp3) is 1.00. The Balaban J connectivity index is 2.54. The molecule has 1 aliphatic rings. The second-order valence-corrected chi connectivity index (χ2v) is 7.38. The molecular weight excluding hydrogens is 210 g/mol. The Kier molecular flexibility index (Phi) is 4.59. The molecule has 0 aromatic carbocycles. The topological polar surface area (TPSA) is 60.2 Å². The van der Waals surface area contributed by atoms with Crippen molar-refractivity contribution < 1.29 is 8.42 Å².